The molecule has 0 N–H and O–H groups in total. The summed E-state index contributed by atoms with van der Waals surface area (Å²) in [5.74, 6) is 0. The first-order chi connectivity index (χ1) is 6.24. The summed E-state index contributed by atoms with van der Waals surface area (Å²) in [6, 6.07) is 6.46. The third kappa shape index (κ3) is 1.78. The topological polar surface area (TPSA) is 0 Å². The molecule has 0 amide bonds. The van der Waals surface area contributed by atoms with Gasteiger partial charge >= 0.3 is 0 Å². The monoisotopic (exact) mass is 384 g/mol. The molecule has 0 saturated carbocycles. The fourth-order valence-electron chi connectivity index (χ4n) is 1.22. The van der Waals surface area contributed by atoms with E-state index in [4.69, 9.17) is 0 Å². The number of fused-ring (bicyclic) bond motifs is 1. The predicted molar refractivity (Wildman–Crippen MR) is 74.0 cm³/mol. The molecule has 2 aromatic rings. The van der Waals surface area contributed by atoms with Crippen LogP contribution in [0.5, 0.6) is 0 Å². The van der Waals surface area contributed by atoms with E-state index in [9.17, 15) is 0 Å². The molecule has 0 unspecified atom stereocenters. The summed E-state index contributed by atoms with van der Waals surface area (Å²) in [7, 11) is 0. The molecule has 4 heteroatoms. The Morgan fingerprint density at radius 1 is 1.46 bits per heavy atom. The fraction of sp³-hybridized carbons (Fsp3) is 0.111. The maximum atomic E-state index is 3.63. The van der Waals surface area contributed by atoms with Gasteiger partial charge in [0, 0.05) is 15.0 Å². The summed E-state index contributed by atoms with van der Waals surface area (Å²) in [5, 5.41) is 1.37. The van der Waals surface area contributed by atoms with E-state index in [0.29, 0.717) is 0 Å². The van der Waals surface area contributed by atoms with Crippen molar-refractivity contribution in [2.75, 3.05) is 6.26 Å². The molecule has 0 atom stereocenters. The summed E-state index contributed by atoms with van der Waals surface area (Å²) < 4.78 is 3.94. The molecular weight excluding hydrogens is 379 g/mol. The predicted octanol–water partition coefficient (Wildman–Crippen LogP) is 4.99. The lowest BCUT2D eigenvalue weighted by Gasteiger charge is -1.98. The summed E-state index contributed by atoms with van der Waals surface area (Å²) in [6.07, 6.45) is 2.12. The molecule has 0 aliphatic heterocycles. The Balaban J connectivity index is 2.87. The molecule has 0 nitrogen and oxygen atoms in total. The van der Waals surface area contributed by atoms with Crippen LogP contribution in [0.3, 0.4) is 0 Å². The quantitative estimate of drug-likeness (QED) is 0.493. The number of hydrogen-bond acceptors (Lipinski definition) is 2. The number of thioether (sulfide) groups is 1. The minimum absolute atomic E-state index is 1.25. The molecule has 0 bridgehead atoms. The number of thiophene rings is 1. The van der Waals surface area contributed by atoms with Gasteiger partial charge in [-0.1, -0.05) is 6.07 Å². The Hall–Kier alpha value is 0.740. The lowest BCUT2D eigenvalue weighted by molar-refractivity contribution is 1.56. The van der Waals surface area contributed by atoms with Crippen LogP contribution in [0.1, 0.15) is 0 Å². The highest BCUT2D eigenvalue weighted by molar-refractivity contribution is 14.1. The Kier molecular flexibility index (Phi) is 3.22. The minimum Gasteiger partial charge on any atom is -0.129 e. The van der Waals surface area contributed by atoms with Crippen molar-refractivity contribution >= 4 is 71.7 Å². The molecule has 2 rings (SSSR count). The van der Waals surface area contributed by atoms with Crippen LogP contribution in [-0.4, -0.2) is 6.26 Å². The third-order valence-electron chi connectivity index (χ3n) is 1.80. The molecule has 1 heterocycles. The highest BCUT2D eigenvalue weighted by Crippen LogP contribution is 2.40. The van der Waals surface area contributed by atoms with Crippen LogP contribution in [-0.2, 0) is 0 Å². The highest BCUT2D eigenvalue weighted by atomic mass is 127. The van der Waals surface area contributed by atoms with Gasteiger partial charge in [-0.05, 0) is 56.9 Å². The van der Waals surface area contributed by atoms with Crippen LogP contribution in [0.25, 0.3) is 10.1 Å². The summed E-state index contributed by atoms with van der Waals surface area (Å²) in [6.45, 7) is 0. The number of halogens is 2. The molecule has 1 aromatic heterocycles. The van der Waals surface area contributed by atoms with Crippen LogP contribution < -0.4 is 0 Å². The average molecular weight is 385 g/mol. The largest absolute Gasteiger partial charge is 0.129 e. The standard InChI is InChI=1S/C9H6BrIS2/c1-12-5-3-2-4-6-7(5)8(10)9(11)13-6/h2-4H,1H3. The zero-order valence-electron chi connectivity index (χ0n) is 6.80. The molecule has 0 radical (unpaired) electrons. The van der Waals surface area contributed by atoms with E-state index in [0.717, 1.165) is 0 Å². The second-order valence-electron chi connectivity index (χ2n) is 2.52. The highest BCUT2D eigenvalue weighted by Gasteiger charge is 2.10. The van der Waals surface area contributed by atoms with Crippen molar-refractivity contribution in [2.24, 2.45) is 0 Å². The summed E-state index contributed by atoms with van der Waals surface area (Å²) in [4.78, 5) is 1.35. The van der Waals surface area contributed by atoms with Crippen molar-refractivity contribution in [3.8, 4) is 0 Å². The Morgan fingerprint density at radius 3 is 2.92 bits per heavy atom. The molecular formula is C9H6BrIS2. The summed E-state index contributed by atoms with van der Waals surface area (Å²) >= 11 is 9.64. The zero-order valence-corrected chi connectivity index (χ0v) is 12.2. The van der Waals surface area contributed by atoms with Gasteiger partial charge in [-0.25, -0.2) is 0 Å². The van der Waals surface area contributed by atoms with Crippen molar-refractivity contribution < 1.29 is 0 Å². The van der Waals surface area contributed by atoms with Crippen LogP contribution in [0.2, 0.25) is 0 Å². The molecule has 0 aliphatic carbocycles. The van der Waals surface area contributed by atoms with E-state index in [-0.39, 0.29) is 0 Å². The first kappa shape index (κ1) is 10.3. The molecule has 0 spiro atoms. The average Bonchev–Trinajstić information content (AvgIpc) is 2.43. The third-order valence-corrected chi connectivity index (χ3v) is 6.52. The normalized spacial score (nSPS) is 11.0. The Labute approximate surface area is 107 Å². The maximum absolute atomic E-state index is 3.63. The van der Waals surface area contributed by atoms with Gasteiger partial charge in [0.1, 0.15) is 0 Å². The van der Waals surface area contributed by atoms with E-state index in [2.05, 4.69) is 63.0 Å². The van der Waals surface area contributed by atoms with E-state index >= 15 is 0 Å². The minimum atomic E-state index is 1.25. The van der Waals surface area contributed by atoms with Crippen molar-refractivity contribution in [2.45, 2.75) is 4.90 Å². The van der Waals surface area contributed by atoms with Crippen LogP contribution >= 0.6 is 61.6 Å². The Morgan fingerprint density at radius 2 is 2.23 bits per heavy atom. The number of benzene rings is 1. The zero-order chi connectivity index (χ0) is 9.42. The van der Waals surface area contributed by atoms with Crippen molar-refractivity contribution in [1.29, 1.82) is 0 Å². The van der Waals surface area contributed by atoms with Gasteiger partial charge in [0.15, 0.2) is 0 Å². The van der Waals surface area contributed by atoms with Gasteiger partial charge < -0.3 is 0 Å². The number of hydrogen-bond donors (Lipinski definition) is 0. The van der Waals surface area contributed by atoms with Crippen LogP contribution in [0, 0.1) is 2.88 Å². The van der Waals surface area contributed by atoms with Crippen molar-refractivity contribution in [3.63, 3.8) is 0 Å². The summed E-state index contributed by atoms with van der Waals surface area (Å²) in [5.41, 5.74) is 0. The van der Waals surface area contributed by atoms with Gasteiger partial charge in [0.05, 0.1) is 7.36 Å². The molecule has 13 heavy (non-hydrogen) atoms. The van der Waals surface area contributed by atoms with Crippen molar-refractivity contribution in [3.05, 3.63) is 25.6 Å². The first-order valence-electron chi connectivity index (χ1n) is 3.64. The maximum Gasteiger partial charge on any atom is 0.0808 e. The van der Waals surface area contributed by atoms with E-state index in [1.54, 1.807) is 11.8 Å². The van der Waals surface area contributed by atoms with Crippen molar-refractivity contribution in [1.82, 2.24) is 0 Å². The van der Waals surface area contributed by atoms with Crippen LogP contribution in [0.4, 0.5) is 0 Å². The molecule has 0 saturated heterocycles. The number of rotatable bonds is 1. The van der Waals surface area contributed by atoms with Gasteiger partial charge in [-0.15, -0.1) is 23.1 Å². The van der Waals surface area contributed by atoms with Crippen LogP contribution in [0.15, 0.2) is 27.6 Å². The molecule has 68 valence electrons. The van der Waals surface area contributed by atoms with Gasteiger partial charge in [0.25, 0.3) is 0 Å². The fourth-order valence-corrected chi connectivity index (χ4v) is 4.68. The van der Waals surface area contributed by atoms with E-state index < -0.39 is 0 Å². The smallest absolute Gasteiger partial charge is 0.0808 e. The SMILES string of the molecule is CSc1cccc2sc(I)c(Br)c12. The molecule has 0 aliphatic rings. The van der Waals surface area contributed by atoms with Gasteiger partial charge in [-0.2, -0.15) is 0 Å². The molecule has 0 fully saturated rings. The lowest BCUT2D eigenvalue weighted by atomic mass is 10.3. The lowest BCUT2D eigenvalue weighted by Crippen LogP contribution is -1.71. The molecule has 1 aromatic carbocycles. The second-order valence-corrected chi connectivity index (χ2v) is 7.03. The second kappa shape index (κ2) is 4.08. The van der Waals surface area contributed by atoms with E-state index in [1.165, 1.54) is 22.3 Å². The van der Waals surface area contributed by atoms with Gasteiger partial charge in [0.2, 0.25) is 0 Å². The first-order valence-corrected chi connectivity index (χ1v) is 7.56. The Bertz CT molecular complexity index is 450. The van der Waals surface area contributed by atoms with Gasteiger partial charge in [-0.3, -0.25) is 0 Å². The van der Waals surface area contributed by atoms with E-state index in [1.807, 2.05) is 11.3 Å².